The Bertz CT molecular complexity index is 1070. The number of piperidine rings is 1. The molecule has 162 valence electrons. The minimum atomic E-state index is -0.478. The number of halogens is 1. The van der Waals surface area contributed by atoms with Gasteiger partial charge in [0.05, 0.1) is 17.1 Å². The van der Waals surface area contributed by atoms with Crippen molar-refractivity contribution >= 4 is 23.2 Å². The largest absolute Gasteiger partial charge is 0.368 e. The number of hydrogen-bond acceptors (Lipinski definition) is 7. The molecule has 1 fully saturated rings. The van der Waals surface area contributed by atoms with Gasteiger partial charge in [-0.25, -0.2) is 19.3 Å². The summed E-state index contributed by atoms with van der Waals surface area (Å²) >= 11 is 0. The number of rotatable bonds is 5. The highest BCUT2D eigenvalue weighted by atomic mass is 19.1. The van der Waals surface area contributed by atoms with Crippen molar-refractivity contribution in [3.05, 3.63) is 47.8 Å². The average molecular weight is 424 g/mol. The Morgan fingerprint density at radius 2 is 2.03 bits per heavy atom. The maximum atomic E-state index is 14.7. The summed E-state index contributed by atoms with van der Waals surface area (Å²) in [5.41, 5.74) is 13.9. The van der Waals surface area contributed by atoms with Gasteiger partial charge in [-0.05, 0) is 50.4 Å². The number of nitrogen functional groups attached to an aromatic ring is 1. The first kappa shape index (κ1) is 20.7. The molecule has 0 unspecified atom stereocenters. The number of para-hydroxylation sites is 1. The van der Waals surface area contributed by atoms with E-state index >= 15 is 0 Å². The van der Waals surface area contributed by atoms with E-state index in [1.807, 2.05) is 4.90 Å². The van der Waals surface area contributed by atoms with Gasteiger partial charge in [0.2, 0.25) is 5.95 Å². The molecule has 6 N–H and O–H groups in total. The summed E-state index contributed by atoms with van der Waals surface area (Å²) in [7, 11) is 0. The number of carbonyl (C=O) groups excluding carboxylic acids is 1. The second-order valence-electron chi connectivity index (χ2n) is 7.64. The van der Waals surface area contributed by atoms with Crippen molar-refractivity contribution in [2.75, 3.05) is 35.6 Å². The number of nitrogens with zero attached hydrogens (tertiary/aromatic N) is 4. The van der Waals surface area contributed by atoms with Crippen molar-refractivity contribution in [3.63, 3.8) is 0 Å². The summed E-state index contributed by atoms with van der Waals surface area (Å²) in [6, 6.07) is 6.38. The summed E-state index contributed by atoms with van der Waals surface area (Å²) < 4.78 is 14.7. The van der Waals surface area contributed by atoms with E-state index in [1.54, 1.807) is 31.3 Å². The fraction of sp³-hybridized carbons (Fsp3) is 0.333. The van der Waals surface area contributed by atoms with Crippen LogP contribution >= 0.6 is 0 Å². The monoisotopic (exact) mass is 424 g/mol. The normalized spacial score (nSPS) is 14.6. The number of H-pyrrole nitrogens is 1. The second-order valence-corrected chi connectivity index (χ2v) is 7.64. The Labute approximate surface area is 179 Å². The lowest BCUT2D eigenvalue weighted by Crippen LogP contribution is -2.37. The van der Waals surface area contributed by atoms with Crippen LogP contribution in [0, 0.1) is 18.7 Å². The van der Waals surface area contributed by atoms with Gasteiger partial charge in [-0.3, -0.25) is 4.79 Å². The molecule has 1 aliphatic rings. The minimum Gasteiger partial charge on any atom is -0.368 e. The Morgan fingerprint density at radius 3 is 2.74 bits per heavy atom. The molecule has 3 aromatic rings. The molecule has 1 aliphatic heterocycles. The average Bonchev–Trinajstić information content (AvgIpc) is 3.24. The van der Waals surface area contributed by atoms with Gasteiger partial charge in [-0.2, -0.15) is 0 Å². The summed E-state index contributed by atoms with van der Waals surface area (Å²) in [4.78, 5) is 30.1. The highest BCUT2D eigenvalue weighted by Gasteiger charge is 2.24. The van der Waals surface area contributed by atoms with Gasteiger partial charge in [-0.1, -0.05) is 6.07 Å². The number of nitrogens with one attached hydrogen (secondary N) is 2. The third-order valence-corrected chi connectivity index (χ3v) is 5.43. The van der Waals surface area contributed by atoms with Gasteiger partial charge in [0, 0.05) is 25.0 Å². The molecule has 4 rings (SSSR count). The molecule has 0 aliphatic carbocycles. The first-order valence-electron chi connectivity index (χ1n) is 10.2. The number of carbonyl (C=O) groups is 1. The van der Waals surface area contributed by atoms with Crippen LogP contribution in [0.3, 0.4) is 0 Å². The van der Waals surface area contributed by atoms with Crippen molar-refractivity contribution in [1.82, 2.24) is 19.9 Å². The Morgan fingerprint density at radius 1 is 1.26 bits per heavy atom. The van der Waals surface area contributed by atoms with Crippen molar-refractivity contribution in [2.45, 2.75) is 19.8 Å². The third-order valence-electron chi connectivity index (χ3n) is 5.43. The number of anilines is 3. The number of aryl methyl sites for hydroxylation is 1. The van der Waals surface area contributed by atoms with E-state index in [9.17, 15) is 9.18 Å². The maximum Gasteiger partial charge on any atom is 0.291 e. The minimum absolute atomic E-state index is 0.0851. The fourth-order valence-electron chi connectivity index (χ4n) is 3.80. The van der Waals surface area contributed by atoms with Gasteiger partial charge in [0.1, 0.15) is 11.5 Å². The number of amides is 1. The van der Waals surface area contributed by atoms with E-state index in [1.165, 1.54) is 6.07 Å². The lowest BCUT2D eigenvalue weighted by Gasteiger charge is -2.34. The Kier molecular flexibility index (Phi) is 5.81. The van der Waals surface area contributed by atoms with Crippen LogP contribution in [-0.2, 0) is 0 Å². The van der Waals surface area contributed by atoms with E-state index in [4.69, 9.17) is 11.5 Å². The standard InChI is InChI=1S/C21H25FN8O/c1-12-9-16(29-21(24)26-12)17-11-25-19(27-17)20(31)28-15-4-2-3-14(22)18(15)30-7-5-13(10-23)6-8-30/h2-4,9,11,13H,5-8,10,23H2,1H3,(H,25,27)(H,28,31)(H2,24,26,29). The van der Waals surface area contributed by atoms with Crippen molar-refractivity contribution in [2.24, 2.45) is 11.7 Å². The highest BCUT2D eigenvalue weighted by Crippen LogP contribution is 2.32. The van der Waals surface area contributed by atoms with Crippen LogP contribution < -0.4 is 21.7 Å². The molecule has 0 spiro atoms. The van der Waals surface area contributed by atoms with Crippen LogP contribution in [0.1, 0.15) is 29.2 Å². The molecule has 9 nitrogen and oxygen atoms in total. The van der Waals surface area contributed by atoms with Gasteiger partial charge in [0.15, 0.2) is 5.82 Å². The van der Waals surface area contributed by atoms with Crippen molar-refractivity contribution in [3.8, 4) is 11.4 Å². The zero-order valence-corrected chi connectivity index (χ0v) is 17.2. The predicted molar refractivity (Wildman–Crippen MR) is 117 cm³/mol. The zero-order chi connectivity index (χ0) is 22.0. The fourth-order valence-corrected chi connectivity index (χ4v) is 3.80. The number of aromatic amines is 1. The second kappa shape index (κ2) is 8.68. The highest BCUT2D eigenvalue weighted by molar-refractivity contribution is 6.04. The van der Waals surface area contributed by atoms with Crippen LogP contribution in [0.5, 0.6) is 0 Å². The smallest absolute Gasteiger partial charge is 0.291 e. The van der Waals surface area contributed by atoms with E-state index in [-0.39, 0.29) is 17.6 Å². The molecule has 3 heterocycles. The van der Waals surface area contributed by atoms with Crippen molar-refractivity contribution < 1.29 is 9.18 Å². The van der Waals surface area contributed by atoms with Gasteiger partial charge < -0.3 is 26.7 Å². The predicted octanol–water partition coefficient (Wildman–Crippen LogP) is 2.32. The first-order chi connectivity index (χ1) is 14.9. The van der Waals surface area contributed by atoms with E-state index in [0.29, 0.717) is 54.0 Å². The Balaban J connectivity index is 1.54. The zero-order valence-electron chi connectivity index (χ0n) is 17.2. The summed E-state index contributed by atoms with van der Waals surface area (Å²) in [6.45, 7) is 3.80. The number of aromatic nitrogens is 4. The van der Waals surface area contributed by atoms with Crippen LogP contribution in [0.25, 0.3) is 11.4 Å². The molecular weight excluding hydrogens is 399 g/mol. The first-order valence-corrected chi connectivity index (χ1v) is 10.2. The molecule has 1 aromatic carbocycles. The molecule has 1 amide bonds. The molecule has 2 aromatic heterocycles. The van der Waals surface area contributed by atoms with Crippen LogP contribution in [0.2, 0.25) is 0 Å². The lowest BCUT2D eigenvalue weighted by molar-refractivity contribution is 0.101. The number of nitrogens with two attached hydrogens (primary N) is 2. The lowest BCUT2D eigenvalue weighted by atomic mass is 9.96. The molecule has 0 saturated carbocycles. The quantitative estimate of drug-likeness (QED) is 0.493. The molecule has 31 heavy (non-hydrogen) atoms. The third kappa shape index (κ3) is 4.48. The van der Waals surface area contributed by atoms with Crippen LogP contribution in [0.4, 0.5) is 21.7 Å². The van der Waals surface area contributed by atoms with Crippen molar-refractivity contribution in [1.29, 1.82) is 0 Å². The molecular formula is C21H25FN8O. The summed E-state index contributed by atoms with van der Waals surface area (Å²) in [5, 5.41) is 2.78. The Hall–Kier alpha value is -3.53. The topological polar surface area (TPSA) is 139 Å². The van der Waals surface area contributed by atoms with E-state index in [0.717, 1.165) is 12.8 Å². The molecule has 0 atom stereocenters. The summed E-state index contributed by atoms with van der Waals surface area (Å²) in [5.74, 6) is -0.194. The van der Waals surface area contributed by atoms with E-state index < -0.39 is 5.91 Å². The van der Waals surface area contributed by atoms with Gasteiger partial charge >= 0.3 is 0 Å². The maximum absolute atomic E-state index is 14.7. The van der Waals surface area contributed by atoms with Crippen LogP contribution in [0.15, 0.2) is 30.5 Å². The number of imidazole rings is 1. The number of hydrogen-bond donors (Lipinski definition) is 4. The number of benzene rings is 1. The molecule has 0 bridgehead atoms. The molecule has 1 saturated heterocycles. The summed E-state index contributed by atoms with van der Waals surface area (Å²) in [6.07, 6.45) is 3.35. The SMILES string of the molecule is Cc1cc(-c2c[nH]c(C(=O)Nc3cccc(F)c3N3CCC(CN)CC3)n2)nc(N)n1. The molecule has 10 heteroatoms. The van der Waals surface area contributed by atoms with Gasteiger partial charge in [0.25, 0.3) is 5.91 Å². The molecule has 0 radical (unpaired) electrons. The van der Waals surface area contributed by atoms with Crippen LogP contribution in [-0.4, -0.2) is 45.5 Å². The van der Waals surface area contributed by atoms with E-state index in [2.05, 4.69) is 25.3 Å². The van der Waals surface area contributed by atoms with Gasteiger partial charge in [-0.15, -0.1) is 0 Å².